The van der Waals surface area contributed by atoms with Crippen LogP contribution in [-0.4, -0.2) is 35.4 Å². The van der Waals surface area contributed by atoms with Gasteiger partial charge in [0.25, 0.3) is 5.91 Å². The van der Waals surface area contributed by atoms with Crippen molar-refractivity contribution in [3.05, 3.63) is 100 Å². The molecule has 5 rings (SSSR count). The van der Waals surface area contributed by atoms with Crippen molar-refractivity contribution in [2.45, 2.75) is 25.7 Å². The zero-order valence-corrected chi connectivity index (χ0v) is 20.6. The normalized spacial score (nSPS) is 15.0. The van der Waals surface area contributed by atoms with Gasteiger partial charge in [-0.25, -0.2) is 4.98 Å². The molecule has 1 fully saturated rings. The molecule has 0 unspecified atom stereocenters. The number of hydrogen-bond acceptors (Lipinski definition) is 5. The molecular weight excluding hydrogens is 454 g/mol. The van der Waals surface area contributed by atoms with Gasteiger partial charge in [-0.05, 0) is 68.8 Å². The fourth-order valence-corrected chi connectivity index (χ4v) is 5.43. The van der Waals surface area contributed by atoms with Crippen molar-refractivity contribution in [2.24, 2.45) is 0 Å². The first-order valence-corrected chi connectivity index (χ1v) is 12.9. The Morgan fingerprint density at radius 1 is 1.14 bits per heavy atom. The van der Waals surface area contributed by atoms with E-state index in [-0.39, 0.29) is 5.91 Å². The van der Waals surface area contributed by atoms with Crippen LogP contribution in [0, 0.1) is 6.92 Å². The summed E-state index contributed by atoms with van der Waals surface area (Å²) < 4.78 is 5.35. The number of thiazole rings is 1. The largest absolute Gasteiger partial charge is 0.465 e. The van der Waals surface area contributed by atoms with Crippen LogP contribution in [0.25, 0.3) is 17.2 Å². The fraction of sp³-hybridized carbons (Fsp3) is 0.241. The molecule has 1 N–H and O–H groups in total. The Balaban J connectivity index is 1.19. The molecule has 178 valence electrons. The van der Waals surface area contributed by atoms with Crippen molar-refractivity contribution in [3.63, 3.8) is 0 Å². The van der Waals surface area contributed by atoms with Gasteiger partial charge in [-0.15, -0.1) is 11.3 Å². The number of hydrogen-bond donors (Lipinski definition) is 1. The van der Waals surface area contributed by atoms with Crippen LogP contribution < -0.4 is 5.32 Å². The summed E-state index contributed by atoms with van der Waals surface area (Å²) in [5, 5.41) is 6.04. The number of aromatic nitrogens is 1. The third kappa shape index (κ3) is 5.78. The Hall–Kier alpha value is -3.48. The Kier molecular flexibility index (Phi) is 7.21. The van der Waals surface area contributed by atoms with Gasteiger partial charge in [0.1, 0.15) is 11.5 Å². The Morgan fingerprint density at radius 3 is 2.74 bits per heavy atom. The summed E-state index contributed by atoms with van der Waals surface area (Å²) in [6.45, 7) is 5.03. The lowest BCUT2D eigenvalue weighted by atomic mass is 9.97. The standard InChI is InChI=1S/C29H29N3O2S/c1-21-11-12-26(25(19-21)22-7-3-2-4-8-22)30-28(33)27-20-35-29(31-27)23-13-16-32(17-14-23)15-5-9-24-10-6-18-34-24/h2-12,18-20,23H,13-17H2,1H3,(H,30,33)/b9-5-. The summed E-state index contributed by atoms with van der Waals surface area (Å²) in [4.78, 5) is 20.2. The Labute approximate surface area is 210 Å². The van der Waals surface area contributed by atoms with Gasteiger partial charge in [-0.3, -0.25) is 9.69 Å². The molecule has 2 aromatic carbocycles. The van der Waals surface area contributed by atoms with E-state index in [2.05, 4.69) is 41.4 Å². The average Bonchev–Trinajstić information content (AvgIpc) is 3.59. The molecule has 1 aliphatic rings. The summed E-state index contributed by atoms with van der Waals surface area (Å²) in [7, 11) is 0. The molecule has 2 aromatic heterocycles. The number of anilines is 1. The first kappa shape index (κ1) is 23.3. The highest BCUT2D eigenvalue weighted by Gasteiger charge is 2.24. The zero-order chi connectivity index (χ0) is 24.0. The molecule has 3 heterocycles. The number of carbonyl (C=O) groups is 1. The highest BCUT2D eigenvalue weighted by atomic mass is 32.1. The van der Waals surface area contributed by atoms with E-state index in [1.165, 1.54) is 0 Å². The van der Waals surface area contributed by atoms with E-state index in [0.717, 1.165) is 65.6 Å². The van der Waals surface area contributed by atoms with E-state index in [0.29, 0.717) is 11.6 Å². The lowest BCUT2D eigenvalue weighted by molar-refractivity contribution is 0.102. The van der Waals surface area contributed by atoms with Crippen molar-refractivity contribution in [2.75, 3.05) is 25.0 Å². The second kappa shape index (κ2) is 10.8. The minimum Gasteiger partial charge on any atom is -0.465 e. The molecule has 35 heavy (non-hydrogen) atoms. The summed E-state index contributed by atoms with van der Waals surface area (Å²) >= 11 is 1.60. The third-order valence-corrected chi connectivity index (χ3v) is 7.40. The van der Waals surface area contributed by atoms with Crippen LogP contribution in [-0.2, 0) is 0 Å². The first-order chi connectivity index (χ1) is 17.2. The van der Waals surface area contributed by atoms with Crippen LogP contribution in [0.1, 0.15) is 45.6 Å². The number of likely N-dealkylation sites (tertiary alicyclic amines) is 1. The number of amides is 1. The second-order valence-electron chi connectivity index (χ2n) is 8.93. The molecule has 0 saturated carbocycles. The minimum absolute atomic E-state index is 0.158. The predicted molar refractivity (Wildman–Crippen MR) is 143 cm³/mol. The number of nitrogens with one attached hydrogen (secondary N) is 1. The van der Waals surface area contributed by atoms with E-state index in [9.17, 15) is 4.79 Å². The third-order valence-electron chi connectivity index (χ3n) is 6.39. The quantitative estimate of drug-likeness (QED) is 0.312. The second-order valence-corrected chi connectivity index (χ2v) is 9.82. The molecule has 0 atom stereocenters. The van der Waals surface area contributed by atoms with Gasteiger partial charge < -0.3 is 9.73 Å². The van der Waals surface area contributed by atoms with Crippen LogP contribution in [0.5, 0.6) is 0 Å². The van der Waals surface area contributed by atoms with Crippen LogP contribution in [0.4, 0.5) is 5.69 Å². The number of aryl methyl sites for hydroxylation is 1. The number of benzene rings is 2. The van der Waals surface area contributed by atoms with Crippen LogP contribution in [0.2, 0.25) is 0 Å². The maximum absolute atomic E-state index is 13.1. The molecule has 4 aromatic rings. The lowest BCUT2D eigenvalue weighted by Crippen LogP contribution is -2.33. The van der Waals surface area contributed by atoms with Crippen molar-refractivity contribution in [3.8, 4) is 11.1 Å². The van der Waals surface area contributed by atoms with Crippen molar-refractivity contribution < 1.29 is 9.21 Å². The smallest absolute Gasteiger partial charge is 0.275 e. The molecule has 0 bridgehead atoms. The van der Waals surface area contributed by atoms with E-state index in [4.69, 9.17) is 9.40 Å². The summed E-state index contributed by atoms with van der Waals surface area (Å²) in [5.74, 6) is 1.13. The Morgan fingerprint density at radius 2 is 1.97 bits per heavy atom. The van der Waals surface area contributed by atoms with E-state index < -0.39 is 0 Å². The van der Waals surface area contributed by atoms with Crippen molar-refractivity contribution >= 4 is 29.0 Å². The van der Waals surface area contributed by atoms with Gasteiger partial charge in [0, 0.05) is 29.1 Å². The van der Waals surface area contributed by atoms with E-state index >= 15 is 0 Å². The topological polar surface area (TPSA) is 58.4 Å². The number of piperidine rings is 1. The van der Waals surface area contributed by atoms with Gasteiger partial charge in [-0.1, -0.05) is 48.0 Å². The fourth-order valence-electron chi connectivity index (χ4n) is 4.46. The van der Waals surface area contributed by atoms with Crippen molar-refractivity contribution in [1.82, 2.24) is 9.88 Å². The monoisotopic (exact) mass is 483 g/mol. The van der Waals surface area contributed by atoms with Gasteiger partial charge in [0.2, 0.25) is 0 Å². The first-order valence-electron chi connectivity index (χ1n) is 12.0. The van der Waals surface area contributed by atoms with Crippen LogP contribution >= 0.6 is 11.3 Å². The predicted octanol–water partition coefficient (Wildman–Crippen LogP) is 6.86. The zero-order valence-electron chi connectivity index (χ0n) is 19.8. The summed E-state index contributed by atoms with van der Waals surface area (Å²) in [6.07, 6.45) is 7.98. The van der Waals surface area contributed by atoms with Gasteiger partial charge in [0.05, 0.1) is 11.3 Å². The van der Waals surface area contributed by atoms with Crippen LogP contribution in [0.3, 0.4) is 0 Å². The molecular formula is C29H29N3O2S. The molecule has 1 amide bonds. The average molecular weight is 484 g/mol. The molecule has 5 nitrogen and oxygen atoms in total. The molecule has 1 aliphatic heterocycles. The lowest BCUT2D eigenvalue weighted by Gasteiger charge is -2.30. The van der Waals surface area contributed by atoms with Crippen LogP contribution in [0.15, 0.2) is 82.8 Å². The molecule has 0 spiro atoms. The highest BCUT2D eigenvalue weighted by molar-refractivity contribution is 7.10. The number of nitrogens with zero attached hydrogens (tertiary/aromatic N) is 2. The maximum Gasteiger partial charge on any atom is 0.275 e. The summed E-state index contributed by atoms with van der Waals surface area (Å²) in [5.41, 5.74) is 4.55. The van der Waals surface area contributed by atoms with Gasteiger partial charge in [0.15, 0.2) is 0 Å². The van der Waals surface area contributed by atoms with Crippen molar-refractivity contribution in [1.29, 1.82) is 0 Å². The van der Waals surface area contributed by atoms with E-state index in [1.807, 2.05) is 53.9 Å². The van der Waals surface area contributed by atoms with Gasteiger partial charge in [-0.2, -0.15) is 0 Å². The number of furan rings is 1. The summed E-state index contributed by atoms with van der Waals surface area (Å²) in [6, 6.07) is 20.1. The van der Waals surface area contributed by atoms with Gasteiger partial charge >= 0.3 is 0 Å². The number of rotatable bonds is 7. The highest BCUT2D eigenvalue weighted by Crippen LogP contribution is 2.32. The number of carbonyl (C=O) groups excluding carboxylic acids is 1. The Bertz CT molecular complexity index is 1290. The molecule has 1 saturated heterocycles. The van der Waals surface area contributed by atoms with E-state index in [1.54, 1.807) is 17.6 Å². The molecule has 0 aliphatic carbocycles. The molecule has 6 heteroatoms. The maximum atomic E-state index is 13.1. The SMILES string of the molecule is Cc1ccc(NC(=O)c2csc(C3CCN(C/C=C\c4ccco4)CC3)n2)c(-c2ccccc2)c1. The molecule has 0 radical (unpaired) electrons. The minimum atomic E-state index is -0.158.